The Morgan fingerprint density at radius 3 is 2.76 bits per heavy atom. The Morgan fingerprint density at radius 1 is 1.53 bits per heavy atom. The molecule has 1 fully saturated rings. The smallest absolute Gasteiger partial charge is 0.317 e. The Hall–Kier alpha value is -1.26. The number of nitrogens with zero attached hydrogens (tertiary/aromatic N) is 1. The van der Waals surface area contributed by atoms with Crippen molar-refractivity contribution in [3.8, 4) is 0 Å². The predicted octanol–water partition coefficient (Wildman–Crippen LogP) is 1.68. The van der Waals surface area contributed by atoms with Crippen LogP contribution in [0.15, 0.2) is 0 Å². The van der Waals surface area contributed by atoms with Crippen molar-refractivity contribution in [3.63, 3.8) is 0 Å². The van der Waals surface area contributed by atoms with Gasteiger partial charge in [0.25, 0.3) is 0 Å². The van der Waals surface area contributed by atoms with Crippen LogP contribution in [-0.4, -0.2) is 41.1 Å². The van der Waals surface area contributed by atoms with Crippen LogP contribution in [0, 0.1) is 5.92 Å². The maximum absolute atomic E-state index is 11.8. The van der Waals surface area contributed by atoms with Crippen LogP contribution in [0.4, 0.5) is 4.79 Å². The van der Waals surface area contributed by atoms with E-state index in [0.29, 0.717) is 12.3 Å². The Bertz CT molecular complexity index is 281. The molecular weight excluding hydrogens is 220 g/mol. The van der Waals surface area contributed by atoms with Crippen LogP contribution in [0.1, 0.15) is 39.5 Å². The number of likely N-dealkylation sites (tertiary alicyclic amines) is 1. The molecule has 1 saturated heterocycles. The predicted molar refractivity (Wildman–Crippen MR) is 64.8 cm³/mol. The number of amides is 2. The maximum Gasteiger partial charge on any atom is 0.317 e. The second-order valence-corrected chi connectivity index (χ2v) is 4.79. The molecule has 0 aromatic rings. The highest BCUT2D eigenvalue weighted by atomic mass is 16.4. The van der Waals surface area contributed by atoms with Crippen molar-refractivity contribution in [3.05, 3.63) is 0 Å². The molecule has 0 aromatic carbocycles. The summed E-state index contributed by atoms with van der Waals surface area (Å²) < 4.78 is 0. The van der Waals surface area contributed by atoms with Crippen molar-refractivity contribution >= 4 is 12.0 Å². The minimum atomic E-state index is -0.821. The SMILES string of the molecule is CCC1CCN(C(=O)NC(C)CCC(=O)O)C1. The van der Waals surface area contributed by atoms with Gasteiger partial charge in [-0.05, 0) is 25.7 Å². The van der Waals surface area contributed by atoms with Gasteiger partial charge in [-0.25, -0.2) is 4.79 Å². The average Bonchev–Trinajstić information content (AvgIpc) is 2.74. The minimum Gasteiger partial charge on any atom is -0.481 e. The van der Waals surface area contributed by atoms with Crippen molar-refractivity contribution < 1.29 is 14.7 Å². The number of carboxylic acid groups (broad SMARTS) is 1. The van der Waals surface area contributed by atoms with E-state index in [0.717, 1.165) is 25.9 Å². The molecule has 17 heavy (non-hydrogen) atoms. The van der Waals surface area contributed by atoms with Crippen LogP contribution in [0.25, 0.3) is 0 Å². The molecule has 0 aliphatic carbocycles. The van der Waals surface area contributed by atoms with Crippen molar-refractivity contribution in [1.82, 2.24) is 10.2 Å². The van der Waals surface area contributed by atoms with Gasteiger partial charge in [0, 0.05) is 25.6 Å². The summed E-state index contributed by atoms with van der Waals surface area (Å²) in [6.45, 7) is 5.62. The summed E-state index contributed by atoms with van der Waals surface area (Å²) >= 11 is 0. The topological polar surface area (TPSA) is 69.6 Å². The van der Waals surface area contributed by atoms with Crippen molar-refractivity contribution in [2.24, 2.45) is 5.92 Å². The van der Waals surface area contributed by atoms with Gasteiger partial charge in [-0.15, -0.1) is 0 Å². The van der Waals surface area contributed by atoms with Crippen LogP contribution in [-0.2, 0) is 4.79 Å². The van der Waals surface area contributed by atoms with Gasteiger partial charge in [-0.3, -0.25) is 4.79 Å². The first-order valence-electron chi connectivity index (χ1n) is 6.30. The fourth-order valence-electron chi connectivity index (χ4n) is 2.06. The van der Waals surface area contributed by atoms with Crippen molar-refractivity contribution in [2.75, 3.05) is 13.1 Å². The maximum atomic E-state index is 11.8. The standard InChI is InChI=1S/C12H22N2O3/c1-3-10-6-7-14(8-10)12(17)13-9(2)4-5-11(15)16/h9-10H,3-8H2,1-2H3,(H,13,17)(H,15,16). The molecule has 2 amide bonds. The van der Waals surface area contributed by atoms with Gasteiger partial charge in [0.1, 0.15) is 0 Å². The Morgan fingerprint density at radius 2 is 2.24 bits per heavy atom. The van der Waals surface area contributed by atoms with Crippen LogP contribution in [0.2, 0.25) is 0 Å². The molecular formula is C12H22N2O3. The summed E-state index contributed by atoms with van der Waals surface area (Å²) in [7, 11) is 0. The normalized spacial score (nSPS) is 21.3. The molecule has 5 nitrogen and oxygen atoms in total. The van der Waals surface area contributed by atoms with Crippen LogP contribution in [0.5, 0.6) is 0 Å². The van der Waals surface area contributed by atoms with Crippen molar-refractivity contribution in [2.45, 2.75) is 45.6 Å². The van der Waals surface area contributed by atoms with E-state index in [-0.39, 0.29) is 18.5 Å². The first-order valence-corrected chi connectivity index (χ1v) is 6.30. The van der Waals surface area contributed by atoms with Gasteiger partial charge in [-0.1, -0.05) is 13.3 Å². The lowest BCUT2D eigenvalue weighted by Crippen LogP contribution is -2.42. The zero-order chi connectivity index (χ0) is 12.8. The fourth-order valence-corrected chi connectivity index (χ4v) is 2.06. The molecule has 1 heterocycles. The molecule has 5 heteroatoms. The van der Waals surface area contributed by atoms with Crippen LogP contribution in [0.3, 0.4) is 0 Å². The average molecular weight is 242 g/mol. The third-order valence-corrected chi connectivity index (χ3v) is 3.31. The second kappa shape index (κ2) is 6.47. The molecule has 2 atom stereocenters. The summed E-state index contributed by atoms with van der Waals surface area (Å²) in [6, 6.07) is -0.141. The number of hydrogen-bond donors (Lipinski definition) is 2. The number of rotatable bonds is 5. The third kappa shape index (κ3) is 4.63. The quantitative estimate of drug-likeness (QED) is 0.770. The van der Waals surface area contributed by atoms with Gasteiger partial charge < -0.3 is 15.3 Å². The highest BCUT2D eigenvalue weighted by molar-refractivity contribution is 5.75. The van der Waals surface area contributed by atoms with E-state index in [2.05, 4.69) is 12.2 Å². The molecule has 1 rings (SSSR count). The molecule has 1 aliphatic heterocycles. The van der Waals surface area contributed by atoms with E-state index in [1.165, 1.54) is 0 Å². The van der Waals surface area contributed by atoms with Gasteiger partial charge in [0.15, 0.2) is 0 Å². The zero-order valence-corrected chi connectivity index (χ0v) is 10.6. The Labute approximate surface area is 102 Å². The van der Waals surface area contributed by atoms with E-state index < -0.39 is 5.97 Å². The number of carboxylic acids is 1. The van der Waals surface area contributed by atoms with Crippen molar-refractivity contribution in [1.29, 1.82) is 0 Å². The number of hydrogen-bond acceptors (Lipinski definition) is 2. The molecule has 1 aliphatic rings. The number of nitrogens with one attached hydrogen (secondary N) is 1. The zero-order valence-electron chi connectivity index (χ0n) is 10.6. The van der Waals surface area contributed by atoms with E-state index >= 15 is 0 Å². The van der Waals surface area contributed by atoms with E-state index in [4.69, 9.17) is 5.11 Å². The summed E-state index contributed by atoms with van der Waals surface area (Å²) in [6.07, 6.45) is 2.76. The first-order chi connectivity index (χ1) is 8.02. The number of aliphatic carboxylic acids is 1. The molecule has 2 N–H and O–H groups in total. The molecule has 0 saturated carbocycles. The highest BCUT2D eigenvalue weighted by Crippen LogP contribution is 2.18. The van der Waals surface area contributed by atoms with E-state index in [1.807, 2.05) is 11.8 Å². The van der Waals surface area contributed by atoms with Gasteiger partial charge in [0.05, 0.1) is 0 Å². The lowest BCUT2D eigenvalue weighted by Gasteiger charge is -2.20. The van der Waals surface area contributed by atoms with Gasteiger partial charge in [-0.2, -0.15) is 0 Å². The second-order valence-electron chi connectivity index (χ2n) is 4.79. The van der Waals surface area contributed by atoms with Crippen LogP contribution >= 0.6 is 0 Å². The van der Waals surface area contributed by atoms with E-state index in [9.17, 15) is 9.59 Å². The molecule has 0 bridgehead atoms. The minimum absolute atomic E-state index is 0.0566. The Balaban J connectivity index is 2.27. The molecule has 0 spiro atoms. The summed E-state index contributed by atoms with van der Waals surface area (Å²) in [4.78, 5) is 24.1. The number of carbonyl (C=O) groups excluding carboxylic acids is 1. The van der Waals surface area contributed by atoms with E-state index in [1.54, 1.807) is 0 Å². The lowest BCUT2D eigenvalue weighted by atomic mass is 10.1. The third-order valence-electron chi connectivity index (χ3n) is 3.31. The fraction of sp³-hybridized carbons (Fsp3) is 0.833. The first kappa shape index (κ1) is 13.8. The van der Waals surface area contributed by atoms with Gasteiger partial charge in [0.2, 0.25) is 0 Å². The molecule has 0 radical (unpaired) electrons. The monoisotopic (exact) mass is 242 g/mol. The molecule has 98 valence electrons. The Kier molecular flexibility index (Phi) is 5.25. The largest absolute Gasteiger partial charge is 0.481 e. The number of urea groups is 1. The lowest BCUT2D eigenvalue weighted by molar-refractivity contribution is -0.137. The molecule has 2 unspecified atom stereocenters. The highest BCUT2D eigenvalue weighted by Gasteiger charge is 2.25. The molecule has 0 aromatic heterocycles. The van der Waals surface area contributed by atoms with Crippen LogP contribution < -0.4 is 5.32 Å². The summed E-state index contributed by atoms with van der Waals surface area (Å²) in [5, 5.41) is 11.4. The van der Waals surface area contributed by atoms with Gasteiger partial charge >= 0.3 is 12.0 Å². The summed E-state index contributed by atoms with van der Waals surface area (Å²) in [5.41, 5.74) is 0. The summed E-state index contributed by atoms with van der Waals surface area (Å²) in [5.74, 6) is -0.201. The number of carbonyl (C=O) groups is 2.